The van der Waals surface area contributed by atoms with Crippen molar-refractivity contribution in [2.75, 3.05) is 7.05 Å². The van der Waals surface area contributed by atoms with Crippen LogP contribution in [0.25, 0.3) is 11.1 Å². The predicted octanol–water partition coefficient (Wildman–Crippen LogP) is 3.13. The number of halogens is 3. The van der Waals surface area contributed by atoms with Gasteiger partial charge >= 0.3 is 6.18 Å². The van der Waals surface area contributed by atoms with E-state index in [2.05, 4.69) is 10.3 Å². The summed E-state index contributed by atoms with van der Waals surface area (Å²) in [6, 6.07) is 8.08. The van der Waals surface area contributed by atoms with Gasteiger partial charge in [0, 0.05) is 18.8 Å². The van der Waals surface area contributed by atoms with Crippen molar-refractivity contribution < 1.29 is 18.0 Å². The predicted molar refractivity (Wildman–Crippen MR) is 68.1 cm³/mol. The summed E-state index contributed by atoms with van der Waals surface area (Å²) in [7, 11) is 1.46. The number of pyridine rings is 1. The van der Waals surface area contributed by atoms with Crippen LogP contribution >= 0.6 is 0 Å². The first-order valence-corrected chi connectivity index (χ1v) is 5.78. The molecule has 1 aromatic carbocycles. The molecule has 2 aromatic rings. The lowest BCUT2D eigenvalue weighted by Gasteiger charge is -2.12. The largest absolute Gasteiger partial charge is 0.417 e. The highest BCUT2D eigenvalue weighted by molar-refractivity contribution is 5.92. The maximum absolute atomic E-state index is 12.9. The van der Waals surface area contributed by atoms with Gasteiger partial charge in [-0.15, -0.1) is 0 Å². The van der Waals surface area contributed by atoms with Crippen molar-refractivity contribution >= 4 is 5.91 Å². The molecule has 20 heavy (non-hydrogen) atoms. The lowest BCUT2D eigenvalue weighted by atomic mass is 10.0. The van der Waals surface area contributed by atoms with Gasteiger partial charge < -0.3 is 5.32 Å². The van der Waals surface area contributed by atoms with E-state index in [-0.39, 0.29) is 17.2 Å². The van der Waals surface area contributed by atoms with Crippen LogP contribution in [0.3, 0.4) is 0 Å². The number of amides is 1. The van der Waals surface area contributed by atoms with E-state index in [4.69, 9.17) is 0 Å². The minimum Gasteiger partial charge on any atom is -0.354 e. The molecule has 2 rings (SSSR count). The molecule has 1 amide bonds. The SMILES string of the molecule is CNC(=O)c1ccc(-c2ccccc2C(F)(F)F)cn1. The molecule has 0 saturated heterocycles. The summed E-state index contributed by atoms with van der Waals surface area (Å²) in [4.78, 5) is 15.2. The van der Waals surface area contributed by atoms with Gasteiger partial charge in [-0.2, -0.15) is 13.2 Å². The fourth-order valence-electron chi connectivity index (χ4n) is 1.80. The van der Waals surface area contributed by atoms with E-state index in [9.17, 15) is 18.0 Å². The molecule has 1 heterocycles. The van der Waals surface area contributed by atoms with E-state index in [1.165, 1.54) is 43.6 Å². The molecule has 6 heteroatoms. The Morgan fingerprint density at radius 1 is 1.15 bits per heavy atom. The Morgan fingerprint density at radius 2 is 1.85 bits per heavy atom. The smallest absolute Gasteiger partial charge is 0.354 e. The molecule has 0 aliphatic carbocycles. The van der Waals surface area contributed by atoms with Crippen LogP contribution in [0.15, 0.2) is 42.6 Å². The van der Waals surface area contributed by atoms with Crippen molar-refractivity contribution in [2.45, 2.75) is 6.18 Å². The zero-order valence-corrected chi connectivity index (χ0v) is 10.5. The molecule has 0 radical (unpaired) electrons. The molecule has 0 aliphatic heterocycles. The molecule has 3 nitrogen and oxygen atoms in total. The number of nitrogens with one attached hydrogen (secondary N) is 1. The van der Waals surface area contributed by atoms with Gasteiger partial charge in [0.2, 0.25) is 0 Å². The second-order valence-corrected chi connectivity index (χ2v) is 4.05. The minimum atomic E-state index is -4.43. The molecule has 1 aromatic heterocycles. The molecular weight excluding hydrogens is 269 g/mol. The summed E-state index contributed by atoms with van der Waals surface area (Å²) in [5.74, 6) is -0.388. The quantitative estimate of drug-likeness (QED) is 0.918. The molecule has 0 bridgehead atoms. The fourth-order valence-corrected chi connectivity index (χ4v) is 1.80. The van der Waals surface area contributed by atoms with Gasteiger partial charge in [-0.1, -0.05) is 24.3 Å². The van der Waals surface area contributed by atoms with Gasteiger partial charge in [0.15, 0.2) is 0 Å². The summed E-state index contributed by atoms with van der Waals surface area (Å²) in [6.07, 6.45) is -3.18. The van der Waals surface area contributed by atoms with E-state index >= 15 is 0 Å². The first-order valence-electron chi connectivity index (χ1n) is 5.78. The summed E-state index contributed by atoms with van der Waals surface area (Å²) in [6.45, 7) is 0. The number of alkyl halides is 3. The van der Waals surface area contributed by atoms with Crippen LogP contribution in [-0.2, 0) is 6.18 Å². The zero-order valence-electron chi connectivity index (χ0n) is 10.5. The van der Waals surface area contributed by atoms with Crippen molar-refractivity contribution in [3.05, 3.63) is 53.9 Å². The van der Waals surface area contributed by atoms with Gasteiger partial charge in [0.1, 0.15) is 5.69 Å². The summed E-state index contributed by atoms with van der Waals surface area (Å²) >= 11 is 0. The van der Waals surface area contributed by atoms with Gasteiger partial charge in [-0.05, 0) is 17.7 Å². The van der Waals surface area contributed by atoms with Crippen LogP contribution in [0.1, 0.15) is 16.1 Å². The van der Waals surface area contributed by atoms with Gasteiger partial charge in [-0.3, -0.25) is 9.78 Å². The third-order valence-electron chi connectivity index (χ3n) is 2.77. The Labute approximate surface area is 113 Å². The molecule has 0 aliphatic rings. The number of benzene rings is 1. The van der Waals surface area contributed by atoms with Crippen molar-refractivity contribution in [1.29, 1.82) is 0 Å². The number of carbonyl (C=O) groups excluding carboxylic acids is 1. The second-order valence-electron chi connectivity index (χ2n) is 4.05. The van der Waals surface area contributed by atoms with Crippen LogP contribution in [0.2, 0.25) is 0 Å². The average molecular weight is 280 g/mol. The Hall–Kier alpha value is -2.37. The lowest BCUT2D eigenvalue weighted by molar-refractivity contribution is -0.137. The maximum atomic E-state index is 12.9. The zero-order chi connectivity index (χ0) is 14.8. The highest BCUT2D eigenvalue weighted by atomic mass is 19.4. The number of nitrogens with zero attached hydrogens (tertiary/aromatic N) is 1. The monoisotopic (exact) mass is 280 g/mol. The average Bonchev–Trinajstić information content (AvgIpc) is 2.46. The topological polar surface area (TPSA) is 42.0 Å². The molecule has 0 unspecified atom stereocenters. The number of carbonyl (C=O) groups is 1. The van der Waals surface area contributed by atoms with E-state index in [0.717, 1.165) is 6.07 Å². The fraction of sp³-hybridized carbons (Fsp3) is 0.143. The molecule has 0 spiro atoms. The van der Waals surface area contributed by atoms with Gasteiger partial charge in [0.25, 0.3) is 5.91 Å². The Morgan fingerprint density at radius 3 is 2.40 bits per heavy atom. The number of aromatic nitrogens is 1. The van der Waals surface area contributed by atoms with Crippen LogP contribution < -0.4 is 5.32 Å². The third-order valence-corrected chi connectivity index (χ3v) is 2.77. The lowest BCUT2D eigenvalue weighted by Crippen LogP contribution is -2.18. The van der Waals surface area contributed by atoms with Crippen LogP contribution in [-0.4, -0.2) is 17.9 Å². The first-order chi connectivity index (χ1) is 9.43. The van der Waals surface area contributed by atoms with Crippen molar-refractivity contribution in [3.8, 4) is 11.1 Å². The van der Waals surface area contributed by atoms with Gasteiger partial charge in [-0.25, -0.2) is 0 Å². The van der Waals surface area contributed by atoms with E-state index in [0.29, 0.717) is 5.56 Å². The van der Waals surface area contributed by atoms with E-state index in [1.54, 1.807) is 0 Å². The number of hydrogen-bond donors (Lipinski definition) is 1. The van der Waals surface area contributed by atoms with Crippen LogP contribution in [0, 0.1) is 0 Å². The van der Waals surface area contributed by atoms with Crippen molar-refractivity contribution in [2.24, 2.45) is 0 Å². The van der Waals surface area contributed by atoms with Crippen LogP contribution in [0.4, 0.5) is 13.2 Å². The molecule has 1 N–H and O–H groups in total. The first kappa shape index (κ1) is 14.0. The second kappa shape index (κ2) is 5.32. The molecule has 0 fully saturated rings. The Kier molecular flexibility index (Phi) is 3.74. The van der Waals surface area contributed by atoms with Crippen LogP contribution in [0.5, 0.6) is 0 Å². The normalized spacial score (nSPS) is 11.2. The maximum Gasteiger partial charge on any atom is 0.417 e. The number of rotatable bonds is 2. The third kappa shape index (κ3) is 2.79. The summed E-state index contributed by atoms with van der Waals surface area (Å²) < 4.78 is 38.7. The van der Waals surface area contributed by atoms with E-state index in [1.807, 2.05) is 0 Å². The highest BCUT2D eigenvalue weighted by Gasteiger charge is 2.33. The minimum absolute atomic E-state index is 0.0379. The van der Waals surface area contributed by atoms with Crippen molar-refractivity contribution in [3.63, 3.8) is 0 Å². The highest BCUT2D eigenvalue weighted by Crippen LogP contribution is 2.36. The Bertz CT molecular complexity index is 621. The summed E-state index contributed by atoms with van der Waals surface area (Å²) in [5, 5.41) is 2.39. The van der Waals surface area contributed by atoms with Crippen molar-refractivity contribution in [1.82, 2.24) is 10.3 Å². The molecule has 0 atom stereocenters. The summed E-state index contributed by atoms with van der Waals surface area (Å²) in [5.41, 5.74) is -0.225. The van der Waals surface area contributed by atoms with E-state index < -0.39 is 11.7 Å². The molecular formula is C14H11F3N2O. The molecule has 0 saturated carbocycles. The Balaban J connectivity index is 2.45. The van der Waals surface area contributed by atoms with Gasteiger partial charge in [0.05, 0.1) is 5.56 Å². The number of hydrogen-bond acceptors (Lipinski definition) is 2. The standard InChI is InChI=1S/C14H11F3N2O/c1-18-13(20)12-7-6-9(8-19-12)10-4-2-3-5-11(10)14(15,16)17/h2-8H,1H3,(H,18,20). The molecule has 104 valence electrons.